The van der Waals surface area contributed by atoms with E-state index in [1.165, 1.54) is 39.0 Å². The highest BCUT2D eigenvalue weighted by atomic mass is 16.7. The van der Waals surface area contributed by atoms with E-state index in [2.05, 4.69) is 20.8 Å². The summed E-state index contributed by atoms with van der Waals surface area (Å²) in [5, 5.41) is 11.5. The summed E-state index contributed by atoms with van der Waals surface area (Å²) in [6, 6.07) is 2.59. The fourth-order valence-corrected chi connectivity index (χ4v) is 6.59. The molecule has 0 spiro atoms. The second-order valence-electron chi connectivity index (χ2n) is 10.3. The van der Waals surface area contributed by atoms with Crippen LogP contribution in [0.1, 0.15) is 71.7 Å². The molecule has 3 fully saturated rings. The Morgan fingerprint density at radius 2 is 1.97 bits per heavy atom. The standard InChI is InChI=1S/C24H33NO7/c1-14(26)31-21-16(11-15(25(27)28)12-19(21)29-5)22-30-13-17-18(32-22)7-8-20-23(2,3)9-6-10-24(17,20)4/h11-12,17-18,20,22H,6-10,13H2,1-5H3/t17-,18+,20+,22-,24-/m1/s1. The smallest absolute Gasteiger partial charge is 0.308 e. The summed E-state index contributed by atoms with van der Waals surface area (Å²) in [7, 11) is 1.38. The molecule has 2 aliphatic carbocycles. The minimum absolute atomic E-state index is 0.0145. The number of ether oxygens (including phenoxy) is 4. The molecule has 0 amide bonds. The highest BCUT2D eigenvalue weighted by Gasteiger charge is 2.56. The van der Waals surface area contributed by atoms with Crippen molar-refractivity contribution in [2.45, 2.75) is 72.2 Å². The van der Waals surface area contributed by atoms with Crippen LogP contribution < -0.4 is 9.47 Å². The van der Waals surface area contributed by atoms with Crippen molar-refractivity contribution in [2.24, 2.45) is 22.7 Å². The predicted octanol–water partition coefficient (Wildman–Crippen LogP) is 5.19. The maximum atomic E-state index is 11.7. The number of methoxy groups -OCH3 is 1. The van der Waals surface area contributed by atoms with Crippen molar-refractivity contribution in [2.75, 3.05) is 13.7 Å². The Balaban J connectivity index is 1.66. The number of carbonyl (C=O) groups excluding carboxylic acids is 1. The number of nitrogens with zero attached hydrogens (tertiary/aromatic N) is 1. The molecule has 1 aromatic carbocycles. The van der Waals surface area contributed by atoms with E-state index in [4.69, 9.17) is 18.9 Å². The van der Waals surface area contributed by atoms with E-state index in [1.807, 2.05) is 0 Å². The van der Waals surface area contributed by atoms with E-state index in [0.717, 1.165) is 19.3 Å². The van der Waals surface area contributed by atoms with Gasteiger partial charge < -0.3 is 18.9 Å². The predicted molar refractivity (Wildman–Crippen MR) is 116 cm³/mol. The Labute approximate surface area is 188 Å². The van der Waals surface area contributed by atoms with Crippen molar-refractivity contribution in [3.8, 4) is 11.5 Å². The van der Waals surface area contributed by atoms with E-state index in [-0.39, 0.29) is 34.6 Å². The first-order valence-corrected chi connectivity index (χ1v) is 11.4. The SMILES string of the molecule is COc1cc([N+](=O)[O-])cc([C@@H]2OC[C@@H]3[C@H](CC[C@H]4C(C)(C)CCC[C@]34C)O2)c1OC(C)=O. The van der Waals surface area contributed by atoms with Gasteiger partial charge in [-0.3, -0.25) is 14.9 Å². The van der Waals surface area contributed by atoms with Gasteiger partial charge in [-0.15, -0.1) is 0 Å². The molecule has 1 saturated heterocycles. The highest BCUT2D eigenvalue weighted by Crippen LogP contribution is 2.61. The maximum Gasteiger partial charge on any atom is 0.308 e. The largest absolute Gasteiger partial charge is 0.493 e. The zero-order valence-corrected chi connectivity index (χ0v) is 19.5. The summed E-state index contributed by atoms with van der Waals surface area (Å²) in [6.07, 6.45) is 4.73. The minimum Gasteiger partial charge on any atom is -0.493 e. The van der Waals surface area contributed by atoms with Crippen LogP contribution in [0.3, 0.4) is 0 Å². The number of carbonyl (C=O) groups is 1. The van der Waals surface area contributed by atoms with Crippen LogP contribution in [0.5, 0.6) is 11.5 Å². The third-order valence-electron chi connectivity index (χ3n) is 8.04. The molecule has 2 saturated carbocycles. The van der Waals surface area contributed by atoms with Crippen LogP contribution >= 0.6 is 0 Å². The second kappa shape index (κ2) is 8.30. The molecule has 5 atom stereocenters. The number of hydrogen-bond acceptors (Lipinski definition) is 7. The Bertz CT molecular complexity index is 914. The van der Waals surface area contributed by atoms with Crippen LogP contribution in [0.2, 0.25) is 0 Å². The summed E-state index contributed by atoms with van der Waals surface area (Å²) in [5.74, 6) is 0.527. The number of benzene rings is 1. The lowest BCUT2D eigenvalue weighted by Gasteiger charge is -2.60. The van der Waals surface area contributed by atoms with Gasteiger partial charge in [0.25, 0.3) is 5.69 Å². The topological polar surface area (TPSA) is 97.1 Å². The average molecular weight is 448 g/mol. The van der Waals surface area contributed by atoms with Gasteiger partial charge >= 0.3 is 5.97 Å². The first-order chi connectivity index (χ1) is 15.1. The molecule has 1 heterocycles. The molecule has 1 aliphatic heterocycles. The number of rotatable bonds is 4. The summed E-state index contributed by atoms with van der Waals surface area (Å²) < 4.78 is 23.3. The van der Waals surface area contributed by atoms with E-state index in [1.54, 1.807) is 0 Å². The summed E-state index contributed by atoms with van der Waals surface area (Å²) in [4.78, 5) is 22.7. The molecule has 0 unspecified atom stereocenters. The number of non-ortho nitro benzene ring substituents is 1. The lowest BCUT2D eigenvalue weighted by atomic mass is 9.48. The zero-order chi connectivity index (χ0) is 23.3. The molecule has 4 rings (SSSR count). The van der Waals surface area contributed by atoms with E-state index in [9.17, 15) is 14.9 Å². The number of nitro benzene ring substituents is 1. The molecule has 1 aromatic rings. The van der Waals surface area contributed by atoms with Crippen molar-refractivity contribution in [3.05, 3.63) is 27.8 Å². The molecule has 176 valence electrons. The number of fused-ring (bicyclic) bond motifs is 3. The van der Waals surface area contributed by atoms with Gasteiger partial charge in [0.2, 0.25) is 0 Å². The molecule has 0 aromatic heterocycles. The van der Waals surface area contributed by atoms with Gasteiger partial charge in [0.15, 0.2) is 17.8 Å². The summed E-state index contributed by atoms with van der Waals surface area (Å²) in [6.45, 7) is 8.91. The van der Waals surface area contributed by atoms with Crippen molar-refractivity contribution in [3.63, 3.8) is 0 Å². The van der Waals surface area contributed by atoms with Crippen molar-refractivity contribution in [1.82, 2.24) is 0 Å². The first-order valence-electron chi connectivity index (χ1n) is 11.4. The van der Waals surface area contributed by atoms with Crippen molar-refractivity contribution in [1.29, 1.82) is 0 Å². The number of nitro groups is 1. The monoisotopic (exact) mass is 447 g/mol. The van der Waals surface area contributed by atoms with Crippen molar-refractivity contribution >= 4 is 11.7 Å². The summed E-state index contributed by atoms with van der Waals surface area (Å²) in [5.41, 5.74) is 0.562. The van der Waals surface area contributed by atoms with Crippen LogP contribution in [0.25, 0.3) is 0 Å². The second-order valence-corrected chi connectivity index (χ2v) is 10.3. The fraction of sp³-hybridized carbons (Fsp3) is 0.708. The molecule has 0 N–H and O–H groups in total. The van der Waals surface area contributed by atoms with E-state index >= 15 is 0 Å². The van der Waals surface area contributed by atoms with Gasteiger partial charge in [0.05, 0.1) is 36.4 Å². The highest BCUT2D eigenvalue weighted by molar-refractivity contribution is 5.72. The maximum absolute atomic E-state index is 11.7. The minimum atomic E-state index is -0.865. The lowest BCUT2D eigenvalue weighted by Crippen LogP contribution is -2.57. The molecular weight excluding hydrogens is 414 g/mol. The third-order valence-corrected chi connectivity index (χ3v) is 8.04. The Morgan fingerprint density at radius 3 is 2.62 bits per heavy atom. The Hall–Kier alpha value is -2.19. The first kappa shape index (κ1) is 23.0. The molecule has 8 nitrogen and oxygen atoms in total. The molecule has 8 heteroatoms. The zero-order valence-electron chi connectivity index (χ0n) is 19.5. The molecule has 0 bridgehead atoms. The van der Waals surface area contributed by atoms with Gasteiger partial charge in [0.1, 0.15) is 0 Å². The Kier molecular flexibility index (Phi) is 5.96. The van der Waals surface area contributed by atoms with Crippen molar-refractivity contribution < 1.29 is 28.7 Å². The van der Waals surface area contributed by atoms with Crippen LogP contribution in [0, 0.1) is 32.8 Å². The quantitative estimate of drug-likeness (QED) is 0.271. The van der Waals surface area contributed by atoms with Gasteiger partial charge in [-0.1, -0.05) is 27.2 Å². The average Bonchev–Trinajstić information content (AvgIpc) is 2.72. The lowest BCUT2D eigenvalue weighted by molar-refractivity contribution is -0.385. The van der Waals surface area contributed by atoms with Crippen LogP contribution in [0.15, 0.2) is 12.1 Å². The van der Waals surface area contributed by atoms with Gasteiger partial charge in [-0.2, -0.15) is 0 Å². The molecular formula is C24H33NO7. The van der Waals surface area contributed by atoms with Crippen LogP contribution in [-0.4, -0.2) is 30.7 Å². The summed E-state index contributed by atoms with van der Waals surface area (Å²) >= 11 is 0. The fourth-order valence-electron chi connectivity index (χ4n) is 6.59. The number of hydrogen-bond donors (Lipinski definition) is 0. The van der Waals surface area contributed by atoms with Crippen LogP contribution in [0.4, 0.5) is 5.69 Å². The molecule has 32 heavy (non-hydrogen) atoms. The van der Waals surface area contributed by atoms with Gasteiger partial charge in [-0.05, 0) is 42.4 Å². The third kappa shape index (κ3) is 3.88. The Morgan fingerprint density at radius 1 is 1.22 bits per heavy atom. The normalized spacial score (nSPS) is 33.5. The van der Waals surface area contributed by atoms with Gasteiger partial charge in [0, 0.05) is 18.9 Å². The van der Waals surface area contributed by atoms with Crippen LogP contribution in [-0.2, 0) is 14.3 Å². The van der Waals surface area contributed by atoms with E-state index < -0.39 is 17.2 Å². The number of esters is 1. The molecule has 3 aliphatic rings. The molecule has 0 radical (unpaired) electrons. The van der Waals surface area contributed by atoms with E-state index in [0.29, 0.717) is 23.5 Å². The van der Waals surface area contributed by atoms with Gasteiger partial charge in [-0.25, -0.2) is 0 Å².